The van der Waals surface area contributed by atoms with Crippen LogP contribution in [-0.4, -0.2) is 11.9 Å². The van der Waals surface area contributed by atoms with E-state index in [2.05, 4.69) is 17.9 Å². The maximum atomic E-state index is 14.4. The van der Waals surface area contributed by atoms with Gasteiger partial charge in [0.2, 0.25) is 0 Å². The molecule has 0 N–H and O–H groups in total. The van der Waals surface area contributed by atoms with E-state index in [4.69, 9.17) is 9.47 Å². The topological polar surface area (TPSA) is 61.8 Å². The third kappa shape index (κ3) is 5.87. The van der Waals surface area contributed by atoms with Gasteiger partial charge in [-0.3, -0.25) is 0 Å². The second-order valence-electron chi connectivity index (χ2n) is 6.03. The van der Waals surface area contributed by atoms with Crippen LogP contribution in [0.15, 0.2) is 73.2 Å². The molecule has 2 rings (SSSR count). The molecule has 29 heavy (non-hydrogen) atoms. The van der Waals surface area contributed by atoms with Gasteiger partial charge >= 0.3 is 11.9 Å². The third-order valence-corrected chi connectivity index (χ3v) is 3.52. The lowest BCUT2D eigenvalue weighted by Gasteiger charge is -2.09. The number of halogens is 2. The summed E-state index contributed by atoms with van der Waals surface area (Å²) < 4.78 is 43.3. The zero-order valence-corrected chi connectivity index (χ0v) is 15.8. The van der Waals surface area contributed by atoms with Gasteiger partial charge in [-0.25, -0.2) is 18.4 Å². The average molecular weight is 400 g/mol. The van der Waals surface area contributed by atoms with Gasteiger partial charge in [-0.15, -0.1) is 0 Å². The second-order valence-corrected chi connectivity index (χ2v) is 6.03. The standard InChI is InChI=1S/C22H18F2O5/c1-13(2)21(25)28-10-9-27-20-8-5-15(11-19(20)24)17-7-6-16(12-18(17)23)29-22(26)14(3)4/h5-12H,1,3H2,2,4H3. The Kier molecular flexibility index (Phi) is 7.03. The Morgan fingerprint density at radius 2 is 1.59 bits per heavy atom. The van der Waals surface area contributed by atoms with E-state index < -0.39 is 23.6 Å². The van der Waals surface area contributed by atoms with Gasteiger partial charge in [0.05, 0.1) is 0 Å². The maximum Gasteiger partial charge on any atom is 0.338 e. The third-order valence-electron chi connectivity index (χ3n) is 3.52. The van der Waals surface area contributed by atoms with E-state index in [0.29, 0.717) is 0 Å². The van der Waals surface area contributed by atoms with Crippen LogP contribution >= 0.6 is 0 Å². The van der Waals surface area contributed by atoms with E-state index in [1.165, 1.54) is 38.1 Å². The molecular formula is C22H18F2O5. The second kappa shape index (κ2) is 9.45. The lowest BCUT2D eigenvalue weighted by molar-refractivity contribution is -0.133. The first-order valence-corrected chi connectivity index (χ1v) is 8.34. The molecule has 0 amide bonds. The summed E-state index contributed by atoms with van der Waals surface area (Å²) in [6.07, 6.45) is 1.94. The van der Waals surface area contributed by atoms with Crippen LogP contribution in [0.2, 0.25) is 0 Å². The molecule has 0 aliphatic rings. The summed E-state index contributed by atoms with van der Waals surface area (Å²) in [5.74, 6) is -2.91. The number of esters is 2. The molecule has 0 saturated heterocycles. The largest absolute Gasteiger partial charge is 0.459 e. The highest BCUT2D eigenvalue weighted by molar-refractivity contribution is 5.89. The van der Waals surface area contributed by atoms with Crippen LogP contribution in [-0.2, 0) is 14.3 Å². The van der Waals surface area contributed by atoms with Crippen molar-refractivity contribution in [2.75, 3.05) is 0 Å². The number of ether oxygens (including phenoxy) is 3. The molecular weight excluding hydrogens is 382 g/mol. The predicted octanol–water partition coefficient (Wildman–Crippen LogP) is 5.08. The highest BCUT2D eigenvalue weighted by Crippen LogP contribution is 2.30. The van der Waals surface area contributed by atoms with Gasteiger partial charge in [0, 0.05) is 22.8 Å². The van der Waals surface area contributed by atoms with Crippen molar-refractivity contribution in [3.8, 4) is 22.6 Å². The molecule has 2 aromatic rings. The molecule has 0 radical (unpaired) electrons. The smallest absolute Gasteiger partial charge is 0.338 e. The van der Waals surface area contributed by atoms with Crippen LogP contribution in [0.25, 0.3) is 11.1 Å². The zero-order chi connectivity index (χ0) is 21.6. The van der Waals surface area contributed by atoms with Crippen LogP contribution in [0.5, 0.6) is 11.5 Å². The van der Waals surface area contributed by atoms with Gasteiger partial charge in [-0.2, -0.15) is 0 Å². The summed E-state index contributed by atoms with van der Waals surface area (Å²) in [4.78, 5) is 22.7. The number of hydrogen-bond acceptors (Lipinski definition) is 5. The van der Waals surface area contributed by atoms with Crippen molar-refractivity contribution in [2.24, 2.45) is 0 Å². The first-order chi connectivity index (χ1) is 13.7. The monoisotopic (exact) mass is 400 g/mol. The van der Waals surface area contributed by atoms with Gasteiger partial charge in [-0.05, 0) is 43.7 Å². The van der Waals surface area contributed by atoms with Crippen molar-refractivity contribution < 1.29 is 32.6 Å². The minimum Gasteiger partial charge on any atom is -0.459 e. The molecule has 0 bridgehead atoms. The lowest BCUT2D eigenvalue weighted by atomic mass is 10.0. The van der Waals surface area contributed by atoms with E-state index in [-0.39, 0.29) is 33.8 Å². The van der Waals surface area contributed by atoms with Crippen molar-refractivity contribution in [2.45, 2.75) is 13.8 Å². The SMILES string of the molecule is C=C(C)C(=O)OC=COc1ccc(-c2ccc(OC(=O)C(=C)C)cc2F)cc1F. The van der Waals surface area contributed by atoms with Crippen LogP contribution in [0, 0.1) is 11.6 Å². The number of carbonyl (C=O) groups is 2. The quantitative estimate of drug-likeness (QED) is 0.281. The molecule has 150 valence electrons. The van der Waals surface area contributed by atoms with Gasteiger partial charge in [0.25, 0.3) is 0 Å². The Labute approximate surface area is 166 Å². The molecule has 0 fully saturated rings. The van der Waals surface area contributed by atoms with Crippen molar-refractivity contribution in [1.29, 1.82) is 0 Å². The molecule has 0 spiro atoms. The Balaban J connectivity index is 2.12. The molecule has 0 heterocycles. The molecule has 0 unspecified atom stereocenters. The molecule has 2 aromatic carbocycles. The van der Waals surface area contributed by atoms with Crippen LogP contribution in [0.4, 0.5) is 8.78 Å². The summed E-state index contributed by atoms with van der Waals surface area (Å²) in [5.41, 5.74) is 0.738. The molecule has 0 atom stereocenters. The fraction of sp³-hybridized carbons (Fsp3) is 0.0909. The Bertz CT molecular complexity index is 1010. The van der Waals surface area contributed by atoms with Gasteiger partial charge in [0.15, 0.2) is 11.6 Å². The Morgan fingerprint density at radius 3 is 2.17 bits per heavy atom. The Morgan fingerprint density at radius 1 is 0.897 bits per heavy atom. The first kappa shape index (κ1) is 21.6. The van der Waals surface area contributed by atoms with Gasteiger partial charge < -0.3 is 14.2 Å². The normalized spacial score (nSPS) is 10.5. The molecule has 0 saturated carbocycles. The fourth-order valence-corrected chi connectivity index (χ4v) is 2.04. The number of hydrogen-bond donors (Lipinski definition) is 0. The van der Waals surface area contributed by atoms with Crippen LogP contribution < -0.4 is 9.47 Å². The predicted molar refractivity (Wildman–Crippen MR) is 103 cm³/mol. The highest BCUT2D eigenvalue weighted by Gasteiger charge is 2.12. The molecule has 0 aliphatic carbocycles. The number of benzene rings is 2. The summed E-state index contributed by atoms with van der Waals surface area (Å²) >= 11 is 0. The van der Waals surface area contributed by atoms with Gasteiger partial charge in [-0.1, -0.05) is 19.2 Å². The summed E-state index contributed by atoms with van der Waals surface area (Å²) in [6.45, 7) is 9.80. The minimum absolute atomic E-state index is 0.00845. The van der Waals surface area contributed by atoms with Crippen molar-refractivity contribution in [3.63, 3.8) is 0 Å². The van der Waals surface area contributed by atoms with Crippen molar-refractivity contribution >= 4 is 11.9 Å². The maximum absolute atomic E-state index is 14.4. The van der Waals surface area contributed by atoms with Gasteiger partial charge in [0.1, 0.15) is 24.1 Å². The molecule has 7 heteroatoms. The van der Waals surface area contributed by atoms with E-state index in [0.717, 1.165) is 24.7 Å². The summed E-state index contributed by atoms with van der Waals surface area (Å²) in [7, 11) is 0. The van der Waals surface area contributed by atoms with E-state index >= 15 is 0 Å². The molecule has 0 aromatic heterocycles. The highest BCUT2D eigenvalue weighted by atomic mass is 19.1. The van der Waals surface area contributed by atoms with Crippen molar-refractivity contribution in [3.05, 3.63) is 84.9 Å². The molecule has 5 nitrogen and oxygen atoms in total. The summed E-state index contributed by atoms with van der Waals surface area (Å²) in [5, 5.41) is 0. The average Bonchev–Trinajstić information content (AvgIpc) is 2.66. The van der Waals surface area contributed by atoms with Crippen LogP contribution in [0.3, 0.4) is 0 Å². The van der Waals surface area contributed by atoms with E-state index in [1.807, 2.05) is 0 Å². The van der Waals surface area contributed by atoms with E-state index in [1.54, 1.807) is 0 Å². The van der Waals surface area contributed by atoms with Crippen LogP contribution in [0.1, 0.15) is 13.8 Å². The minimum atomic E-state index is -0.754. The number of rotatable bonds is 7. The van der Waals surface area contributed by atoms with Crippen molar-refractivity contribution in [1.82, 2.24) is 0 Å². The zero-order valence-electron chi connectivity index (χ0n) is 15.8. The fourth-order valence-electron chi connectivity index (χ4n) is 2.04. The number of carbonyl (C=O) groups excluding carboxylic acids is 2. The van der Waals surface area contributed by atoms with E-state index in [9.17, 15) is 18.4 Å². The lowest BCUT2D eigenvalue weighted by Crippen LogP contribution is -2.08. The molecule has 0 aliphatic heterocycles. The Hall–Kier alpha value is -3.74. The summed E-state index contributed by atoms with van der Waals surface area (Å²) in [6, 6.07) is 7.61. The first-order valence-electron chi connectivity index (χ1n) is 8.34.